The van der Waals surface area contributed by atoms with Crippen molar-refractivity contribution in [2.45, 2.75) is 32.1 Å². The predicted molar refractivity (Wildman–Crippen MR) is 147 cm³/mol. The number of piperidine rings is 1. The first-order chi connectivity index (χ1) is 17.7. The van der Waals surface area contributed by atoms with Crippen molar-refractivity contribution >= 4 is 11.6 Å². The fourth-order valence-electron chi connectivity index (χ4n) is 5.47. The minimum absolute atomic E-state index is 0.364. The van der Waals surface area contributed by atoms with Crippen LogP contribution < -0.4 is 14.2 Å². The molecule has 3 aromatic rings. The Hall–Kier alpha value is -3.24. The van der Waals surface area contributed by atoms with Gasteiger partial charge in [-0.25, -0.2) is 0 Å². The van der Waals surface area contributed by atoms with Crippen molar-refractivity contribution < 1.29 is 14.2 Å². The zero-order valence-corrected chi connectivity index (χ0v) is 21.5. The summed E-state index contributed by atoms with van der Waals surface area (Å²) in [6.07, 6.45) is 8.29. The molecule has 0 aromatic heterocycles. The number of hydrogen-bond donors (Lipinski definition) is 0. The van der Waals surface area contributed by atoms with Crippen LogP contribution in [0.2, 0.25) is 0 Å². The molecular formula is C32H37NO3. The molecular weight excluding hydrogens is 446 g/mol. The van der Waals surface area contributed by atoms with Crippen LogP contribution in [-0.4, -0.2) is 45.4 Å². The normalized spacial score (nSPS) is 17.7. The molecule has 5 rings (SSSR count). The van der Waals surface area contributed by atoms with Gasteiger partial charge >= 0.3 is 0 Å². The van der Waals surface area contributed by atoms with Crippen molar-refractivity contribution in [3.05, 3.63) is 89.0 Å². The van der Waals surface area contributed by atoms with E-state index in [1.54, 1.807) is 14.2 Å². The van der Waals surface area contributed by atoms with Crippen molar-refractivity contribution in [1.29, 1.82) is 0 Å². The zero-order valence-electron chi connectivity index (χ0n) is 21.5. The van der Waals surface area contributed by atoms with Gasteiger partial charge in [0.25, 0.3) is 0 Å². The third-order valence-corrected chi connectivity index (χ3v) is 7.50. The molecule has 0 saturated carbocycles. The highest BCUT2D eigenvalue weighted by Gasteiger charge is 2.24. The Morgan fingerprint density at radius 1 is 0.806 bits per heavy atom. The summed E-state index contributed by atoms with van der Waals surface area (Å²) >= 11 is 0. The Bertz CT molecular complexity index is 1180. The van der Waals surface area contributed by atoms with Crippen molar-refractivity contribution in [3.63, 3.8) is 0 Å². The highest BCUT2D eigenvalue weighted by atomic mass is 16.5. The van der Waals surface area contributed by atoms with Gasteiger partial charge in [-0.2, -0.15) is 0 Å². The Labute approximate surface area is 215 Å². The molecule has 2 aliphatic rings. The molecule has 1 atom stereocenters. The summed E-state index contributed by atoms with van der Waals surface area (Å²) in [6.45, 7) is 4.19. The molecule has 188 valence electrons. The van der Waals surface area contributed by atoms with Crippen LogP contribution in [0.25, 0.3) is 11.6 Å². The van der Waals surface area contributed by atoms with Crippen molar-refractivity contribution in [2.24, 2.45) is 5.92 Å². The summed E-state index contributed by atoms with van der Waals surface area (Å²) in [5, 5.41) is 0. The summed E-state index contributed by atoms with van der Waals surface area (Å²) < 4.78 is 17.1. The molecule has 4 heteroatoms. The van der Waals surface area contributed by atoms with E-state index < -0.39 is 0 Å². The molecule has 1 heterocycles. The molecule has 1 unspecified atom stereocenters. The fraction of sp³-hybridized carbons (Fsp3) is 0.375. The lowest BCUT2D eigenvalue weighted by Gasteiger charge is -2.27. The third-order valence-electron chi connectivity index (χ3n) is 7.50. The van der Waals surface area contributed by atoms with Gasteiger partial charge < -0.3 is 14.2 Å². The van der Waals surface area contributed by atoms with Crippen LogP contribution >= 0.6 is 0 Å². The molecule has 1 saturated heterocycles. The zero-order chi connectivity index (χ0) is 24.7. The molecule has 1 aliphatic carbocycles. The number of allylic oxidation sites excluding steroid dienone is 1. The maximum absolute atomic E-state index is 6.06. The first-order valence-electron chi connectivity index (χ1n) is 13.2. The fourth-order valence-corrected chi connectivity index (χ4v) is 5.47. The van der Waals surface area contributed by atoms with Crippen LogP contribution in [0.3, 0.4) is 0 Å². The number of rotatable bonds is 9. The van der Waals surface area contributed by atoms with Gasteiger partial charge in [-0.05, 0) is 109 Å². The number of nitrogens with zero attached hydrogens (tertiary/aromatic N) is 1. The topological polar surface area (TPSA) is 30.9 Å². The lowest BCUT2D eigenvalue weighted by molar-refractivity contribution is 0.183. The van der Waals surface area contributed by atoms with Crippen molar-refractivity contribution in [1.82, 2.24) is 4.90 Å². The summed E-state index contributed by atoms with van der Waals surface area (Å²) in [6, 6.07) is 23.5. The monoisotopic (exact) mass is 483 g/mol. The quantitative estimate of drug-likeness (QED) is 0.346. The molecule has 4 nitrogen and oxygen atoms in total. The maximum Gasteiger partial charge on any atom is 0.119 e. The molecule has 0 bridgehead atoms. The Morgan fingerprint density at radius 2 is 1.56 bits per heavy atom. The maximum atomic E-state index is 6.06. The van der Waals surface area contributed by atoms with E-state index in [4.69, 9.17) is 14.2 Å². The third kappa shape index (κ3) is 5.93. The van der Waals surface area contributed by atoms with Crippen molar-refractivity contribution in [3.8, 4) is 17.2 Å². The van der Waals surface area contributed by atoms with E-state index in [-0.39, 0.29) is 0 Å². The van der Waals surface area contributed by atoms with E-state index in [9.17, 15) is 0 Å². The second-order valence-corrected chi connectivity index (χ2v) is 9.90. The van der Waals surface area contributed by atoms with Gasteiger partial charge in [-0.1, -0.05) is 42.8 Å². The number of ether oxygens (including phenoxy) is 3. The minimum Gasteiger partial charge on any atom is -0.497 e. The van der Waals surface area contributed by atoms with Gasteiger partial charge in [0.05, 0.1) is 14.2 Å². The number of benzene rings is 3. The van der Waals surface area contributed by atoms with E-state index >= 15 is 0 Å². The summed E-state index contributed by atoms with van der Waals surface area (Å²) in [4.78, 5) is 2.51. The summed E-state index contributed by atoms with van der Waals surface area (Å²) in [7, 11) is 3.46. The molecule has 3 aromatic carbocycles. The average Bonchev–Trinajstić information content (AvgIpc) is 2.94. The Kier molecular flexibility index (Phi) is 7.92. The lowest BCUT2D eigenvalue weighted by Crippen LogP contribution is -2.33. The van der Waals surface area contributed by atoms with E-state index in [1.165, 1.54) is 60.2 Å². The van der Waals surface area contributed by atoms with Gasteiger partial charge in [-0.15, -0.1) is 0 Å². The van der Waals surface area contributed by atoms with Gasteiger partial charge in [0.1, 0.15) is 23.9 Å². The first-order valence-corrected chi connectivity index (χ1v) is 13.2. The minimum atomic E-state index is 0.364. The highest BCUT2D eigenvalue weighted by molar-refractivity contribution is 5.86. The molecule has 0 amide bonds. The van der Waals surface area contributed by atoms with Gasteiger partial charge in [0, 0.05) is 6.54 Å². The lowest BCUT2D eigenvalue weighted by atomic mass is 9.77. The van der Waals surface area contributed by atoms with E-state index in [1.807, 2.05) is 12.1 Å². The molecule has 1 aliphatic heterocycles. The summed E-state index contributed by atoms with van der Waals surface area (Å²) in [5.74, 6) is 3.12. The molecule has 0 spiro atoms. The number of fused-ring (bicyclic) bond motifs is 1. The Balaban J connectivity index is 1.31. The van der Waals surface area contributed by atoms with Crippen LogP contribution in [0, 0.1) is 5.92 Å². The van der Waals surface area contributed by atoms with Crippen LogP contribution in [-0.2, 0) is 12.8 Å². The van der Waals surface area contributed by atoms with Crippen LogP contribution in [0.4, 0.5) is 0 Å². The largest absolute Gasteiger partial charge is 0.497 e. The van der Waals surface area contributed by atoms with Crippen LogP contribution in [0.15, 0.2) is 66.7 Å². The van der Waals surface area contributed by atoms with Crippen molar-refractivity contribution in [2.75, 3.05) is 40.5 Å². The number of methoxy groups -OCH3 is 2. The molecule has 0 radical (unpaired) electrons. The number of hydrogen-bond acceptors (Lipinski definition) is 4. The SMILES string of the molecule is COc1cccc(C2=Cc3ccc(OC)cc3CC2Cc2ccc(OCCN3CCCCC3)cc2)c1. The molecule has 0 N–H and O–H groups in total. The smallest absolute Gasteiger partial charge is 0.119 e. The average molecular weight is 484 g/mol. The van der Waals surface area contributed by atoms with E-state index in [2.05, 4.69) is 65.6 Å². The second-order valence-electron chi connectivity index (χ2n) is 9.90. The van der Waals surface area contributed by atoms with E-state index in [0.29, 0.717) is 5.92 Å². The summed E-state index contributed by atoms with van der Waals surface area (Å²) in [5.41, 5.74) is 6.50. The molecule has 1 fully saturated rings. The number of likely N-dealkylation sites (tertiary alicyclic amines) is 1. The van der Waals surface area contributed by atoms with Gasteiger partial charge in [0.15, 0.2) is 0 Å². The van der Waals surface area contributed by atoms with Crippen LogP contribution in [0.1, 0.15) is 41.5 Å². The van der Waals surface area contributed by atoms with E-state index in [0.717, 1.165) is 43.2 Å². The predicted octanol–water partition coefficient (Wildman–Crippen LogP) is 6.52. The second kappa shape index (κ2) is 11.7. The molecule has 36 heavy (non-hydrogen) atoms. The standard InChI is InChI=1S/C32H37NO3/c1-34-30-8-6-7-26(21-30)32-23-25-11-14-31(35-2)22-27(25)20-28(32)19-24-9-12-29(13-10-24)36-18-17-33-15-4-3-5-16-33/h6-14,21-23,28H,3-5,15-20H2,1-2H3. The highest BCUT2D eigenvalue weighted by Crippen LogP contribution is 2.39. The van der Waals surface area contributed by atoms with Gasteiger partial charge in [0.2, 0.25) is 0 Å². The first kappa shape index (κ1) is 24.5. The van der Waals surface area contributed by atoms with Gasteiger partial charge in [-0.3, -0.25) is 4.90 Å². The Morgan fingerprint density at radius 3 is 2.33 bits per heavy atom. The van der Waals surface area contributed by atoms with Crippen LogP contribution in [0.5, 0.6) is 17.2 Å².